The van der Waals surface area contributed by atoms with Gasteiger partial charge in [0.25, 0.3) is 0 Å². The van der Waals surface area contributed by atoms with Gasteiger partial charge >= 0.3 is 0 Å². The Balaban J connectivity index is 0.00000264. The Hall–Kier alpha value is -0.830. The minimum Gasteiger partial charge on any atom is -0.356 e. The summed E-state index contributed by atoms with van der Waals surface area (Å²) in [7, 11) is -1.16. The number of guanidine groups is 1. The molecular weight excluding hydrogens is 425 g/mol. The Morgan fingerprint density at radius 3 is 2.43 bits per heavy atom. The molecule has 7 heteroatoms. The number of halogens is 1. The molecule has 0 amide bonds. The van der Waals surface area contributed by atoms with Gasteiger partial charge in [0.2, 0.25) is 0 Å². The van der Waals surface area contributed by atoms with Crippen LogP contribution in [-0.4, -0.2) is 45.5 Å². The molecule has 1 unspecified atom stereocenters. The third kappa shape index (κ3) is 6.66. The molecule has 23 heavy (non-hydrogen) atoms. The molecule has 2 N–H and O–H groups in total. The van der Waals surface area contributed by atoms with Crippen LogP contribution in [0.1, 0.15) is 23.1 Å². The summed E-state index contributed by atoms with van der Waals surface area (Å²) in [6.07, 6.45) is 1.56. The van der Waals surface area contributed by atoms with Crippen LogP contribution >= 0.6 is 24.0 Å². The average molecular weight is 451 g/mol. The summed E-state index contributed by atoms with van der Waals surface area (Å²) in [6.45, 7) is 4.97. The van der Waals surface area contributed by atoms with Crippen molar-refractivity contribution in [1.82, 2.24) is 10.6 Å². The standard InChI is InChI=1S/C16H25N3O2S.HI/c1-12-8-13(2)10-14(9-12)4-6-18-16(17-3)19-15-5-7-22(20,21)11-15;/h8-10,15H,4-7,11H2,1-3H3,(H2,17,18,19);1H. The molecule has 0 aromatic heterocycles. The van der Waals surface area contributed by atoms with Crippen LogP contribution in [-0.2, 0) is 16.3 Å². The van der Waals surface area contributed by atoms with Crippen molar-refractivity contribution in [3.05, 3.63) is 34.9 Å². The fourth-order valence-electron chi connectivity index (χ4n) is 2.84. The maximum atomic E-state index is 11.5. The normalized spacial score (nSPS) is 20.0. The SMILES string of the molecule is CN=C(NCCc1cc(C)cc(C)c1)NC1CCS(=O)(=O)C1.I. The molecule has 0 aliphatic carbocycles. The molecule has 0 bridgehead atoms. The number of aryl methyl sites for hydroxylation is 2. The van der Waals surface area contributed by atoms with E-state index in [2.05, 4.69) is 47.7 Å². The van der Waals surface area contributed by atoms with Crippen LogP contribution in [0.25, 0.3) is 0 Å². The Bertz CT molecular complexity index is 639. The maximum Gasteiger partial charge on any atom is 0.191 e. The quantitative estimate of drug-likeness (QED) is 0.416. The number of rotatable bonds is 4. The fourth-order valence-corrected chi connectivity index (χ4v) is 4.51. The van der Waals surface area contributed by atoms with Crippen LogP contribution in [0.5, 0.6) is 0 Å². The van der Waals surface area contributed by atoms with Gasteiger partial charge in [0, 0.05) is 19.6 Å². The molecule has 0 radical (unpaired) electrons. The molecule has 130 valence electrons. The Labute approximate surface area is 156 Å². The average Bonchev–Trinajstić information content (AvgIpc) is 2.75. The smallest absolute Gasteiger partial charge is 0.191 e. The first-order valence-corrected chi connectivity index (χ1v) is 9.45. The van der Waals surface area contributed by atoms with Crippen LogP contribution < -0.4 is 10.6 Å². The van der Waals surface area contributed by atoms with Crippen molar-refractivity contribution in [3.63, 3.8) is 0 Å². The van der Waals surface area contributed by atoms with Gasteiger partial charge in [-0.2, -0.15) is 0 Å². The monoisotopic (exact) mass is 451 g/mol. The summed E-state index contributed by atoms with van der Waals surface area (Å²) >= 11 is 0. The van der Waals surface area contributed by atoms with Gasteiger partial charge in [0.15, 0.2) is 15.8 Å². The van der Waals surface area contributed by atoms with Crippen molar-refractivity contribution in [3.8, 4) is 0 Å². The van der Waals surface area contributed by atoms with Crippen LogP contribution in [0.4, 0.5) is 0 Å². The summed E-state index contributed by atoms with van der Waals surface area (Å²) < 4.78 is 22.9. The van der Waals surface area contributed by atoms with Crippen LogP contribution in [0, 0.1) is 13.8 Å². The van der Waals surface area contributed by atoms with Gasteiger partial charge in [-0.25, -0.2) is 8.42 Å². The number of nitrogens with zero attached hydrogens (tertiary/aromatic N) is 1. The molecule has 1 aromatic rings. The summed E-state index contributed by atoms with van der Waals surface area (Å²) in [5.41, 5.74) is 3.84. The molecule has 1 fully saturated rings. The molecule has 1 saturated heterocycles. The van der Waals surface area contributed by atoms with E-state index in [1.807, 2.05) is 0 Å². The Morgan fingerprint density at radius 1 is 1.26 bits per heavy atom. The zero-order valence-corrected chi connectivity index (χ0v) is 17.1. The lowest BCUT2D eigenvalue weighted by Crippen LogP contribution is -2.44. The molecular formula is C16H26IN3O2S. The van der Waals surface area contributed by atoms with E-state index >= 15 is 0 Å². The predicted molar refractivity (Wildman–Crippen MR) is 107 cm³/mol. The van der Waals surface area contributed by atoms with E-state index in [9.17, 15) is 8.42 Å². The summed E-state index contributed by atoms with van der Waals surface area (Å²) in [5, 5.41) is 6.45. The van der Waals surface area contributed by atoms with Crippen molar-refractivity contribution in [2.45, 2.75) is 32.7 Å². The van der Waals surface area contributed by atoms with Gasteiger partial charge in [-0.1, -0.05) is 29.3 Å². The Morgan fingerprint density at radius 2 is 1.91 bits per heavy atom. The van der Waals surface area contributed by atoms with Gasteiger partial charge < -0.3 is 10.6 Å². The van der Waals surface area contributed by atoms with Crippen molar-refractivity contribution < 1.29 is 8.42 Å². The summed E-state index contributed by atoms with van der Waals surface area (Å²) in [6, 6.07) is 6.51. The largest absolute Gasteiger partial charge is 0.356 e. The molecule has 0 saturated carbocycles. The van der Waals surface area contributed by atoms with Crippen LogP contribution in [0.15, 0.2) is 23.2 Å². The van der Waals surface area contributed by atoms with Gasteiger partial charge in [0.05, 0.1) is 11.5 Å². The number of benzene rings is 1. The van der Waals surface area contributed by atoms with Gasteiger partial charge in [0.1, 0.15) is 0 Å². The van der Waals surface area contributed by atoms with Crippen LogP contribution in [0.2, 0.25) is 0 Å². The number of hydrogen-bond donors (Lipinski definition) is 2. The van der Waals surface area contributed by atoms with Gasteiger partial charge in [-0.05, 0) is 32.3 Å². The molecule has 1 aromatic carbocycles. The zero-order valence-electron chi connectivity index (χ0n) is 13.9. The first kappa shape index (κ1) is 20.2. The minimum atomic E-state index is -2.87. The minimum absolute atomic E-state index is 0. The molecule has 5 nitrogen and oxygen atoms in total. The highest BCUT2D eigenvalue weighted by molar-refractivity contribution is 14.0. The lowest BCUT2D eigenvalue weighted by atomic mass is 10.1. The lowest BCUT2D eigenvalue weighted by molar-refractivity contribution is 0.599. The number of nitrogens with one attached hydrogen (secondary N) is 2. The summed E-state index contributed by atoms with van der Waals surface area (Å²) in [5.74, 6) is 1.14. The zero-order chi connectivity index (χ0) is 16.2. The second kappa shape index (κ2) is 8.86. The van der Waals surface area contributed by atoms with Gasteiger partial charge in [-0.3, -0.25) is 4.99 Å². The summed E-state index contributed by atoms with van der Waals surface area (Å²) in [4.78, 5) is 4.17. The van der Waals surface area contributed by atoms with E-state index in [0.717, 1.165) is 13.0 Å². The number of hydrogen-bond acceptors (Lipinski definition) is 3. The second-order valence-electron chi connectivity index (χ2n) is 5.99. The highest BCUT2D eigenvalue weighted by Crippen LogP contribution is 2.11. The van der Waals surface area contributed by atoms with E-state index in [-0.39, 0.29) is 41.5 Å². The second-order valence-corrected chi connectivity index (χ2v) is 8.22. The highest BCUT2D eigenvalue weighted by atomic mass is 127. The molecule has 1 heterocycles. The fraction of sp³-hybridized carbons (Fsp3) is 0.562. The molecule has 0 spiro atoms. The van der Waals surface area contributed by atoms with Crippen molar-refractivity contribution in [2.24, 2.45) is 4.99 Å². The van der Waals surface area contributed by atoms with E-state index in [1.165, 1.54) is 16.7 Å². The lowest BCUT2D eigenvalue weighted by Gasteiger charge is -2.16. The third-order valence-corrected chi connectivity index (χ3v) is 5.55. The van der Waals surface area contributed by atoms with Crippen molar-refractivity contribution in [2.75, 3.05) is 25.1 Å². The molecule has 1 aliphatic heterocycles. The highest BCUT2D eigenvalue weighted by Gasteiger charge is 2.28. The first-order valence-electron chi connectivity index (χ1n) is 7.63. The topological polar surface area (TPSA) is 70.6 Å². The Kier molecular flexibility index (Phi) is 7.79. The number of aliphatic imine (C=N–C) groups is 1. The van der Waals surface area contributed by atoms with E-state index in [1.54, 1.807) is 7.05 Å². The first-order chi connectivity index (χ1) is 10.4. The van der Waals surface area contributed by atoms with Crippen LogP contribution in [0.3, 0.4) is 0 Å². The van der Waals surface area contributed by atoms with Crippen molar-refractivity contribution >= 4 is 39.8 Å². The van der Waals surface area contributed by atoms with Gasteiger partial charge in [-0.15, -0.1) is 24.0 Å². The van der Waals surface area contributed by atoms with Crippen molar-refractivity contribution in [1.29, 1.82) is 0 Å². The maximum absolute atomic E-state index is 11.5. The molecule has 1 aliphatic rings. The third-order valence-electron chi connectivity index (χ3n) is 3.78. The predicted octanol–water partition coefficient (Wildman–Crippen LogP) is 1.82. The van der Waals surface area contributed by atoms with E-state index in [4.69, 9.17) is 0 Å². The molecule has 2 rings (SSSR count). The van der Waals surface area contributed by atoms with E-state index in [0.29, 0.717) is 12.4 Å². The molecule has 1 atom stereocenters. The number of sulfone groups is 1. The van der Waals surface area contributed by atoms with E-state index < -0.39 is 9.84 Å².